The largest absolute Gasteiger partial charge is 0.395 e. The summed E-state index contributed by atoms with van der Waals surface area (Å²) < 4.78 is 1.04. The molecule has 0 bridgehead atoms. The summed E-state index contributed by atoms with van der Waals surface area (Å²) in [7, 11) is 0. The van der Waals surface area contributed by atoms with Crippen LogP contribution in [0.1, 0.15) is 32.1 Å². The second-order valence-electron chi connectivity index (χ2n) is 5.51. The van der Waals surface area contributed by atoms with Crippen LogP contribution in [0.5, 0.6) is 0 Å². The third kappa shape index (κ3) is 5.23. The Morgan fingerprint density at radius 1 is 1.29 bits per heavy atom. The van der Waals surface area contributed by atoms with Gasteiger partial charge in [0.25, 0.3) is 0 Å². The number of hydrogen-bond donors (Lipinski definition) is 2. The van der Waals surface area contributed by atoms with Crippen molar-refractivity contribution in [2.24, 2.45) is 0 Å². The van der Waals surface area contributed by atoms with Crippen molar-refractivity contribution < 1.29 is 9.90 Å². The van der Waals surface area contributed by atoms with E-state index in [0.29, 0.717) is 19.1 Å². The topological polar surface area (TPSA) is 52.6 Å². The number of halogens is 1. The van der Waals surface area contributed by atoms with E-state index in [0.717, 1.165) is 22.1 Å². The SMILES string of the molecule is O=C(CN(CCO)C1CCCCC1)Nc1ccccc1I. The van der Waals surface area contributed by atoms with Crippen molar-refractivity contribution in [1.29, 1.82) is 0 Å². The van der Waals surface area contributed by atoms with Gasteiger partial charge in [0.15, 0.2) is 0 Å². The maximum absolute atomic E-state index is 12.3. The highest BCUT2D eigenvalue weighted by molar-refractivity contribution is 14.1. The molecule has 5 heteroatoms. The number of carbonyl (C=O) groups is 1. The minimum Gasteiger partial charge on any atom is -0.395 e. The molecular weight excluding hydrogens is 379 g/mol. The molecule has 0 aliphatic heterocycles. The van der Waals surface area contributed by atoms with Crippen LogP contribution in [0.3, 0.4) is 0 Å². The number of rotatable bonds is 6. The van der Waals surface area contributed by atoms with Crippen molar-refractivity contribution >= 4 is 34.2 Å². The van der Waals surface area contributed by atoms with Gasteiger partial charge in [-0.3, -0.25) is 9.69 Å². The van der Waals surface area contributed by atoms with Gasteiger partial charge in [-0.15, -0.1) is 0 Å². The van der Waals surface area contributed by atoms with Crippen LogP contribution < -0.4 is 5.32 Å². The molecule has 21 heavy (non-hydrogen) atoms. The lowest BCUT2D eigenvalue weighted by atomic mass is 9.94. The van der Waals surface area contributed by atoms with Gasteiger partial charge in [0.05, 0.1) is 18.8 Å². The Labute approximate surface area is 140 Å². The molecule has 0 radical (unpaired) electrons. The summed E-state index contributed by atoms with van der Waals surface area (Å²) in [6, 6.07) is 8.20. The van der Waals surface area contributed by atoms with Crippen LogP contribution in [0, 0.1) is 3.57 Å². The van der Waals surface area contributed by atoms with Crippen LogP contribution in [0.25, 0.3) is 0 Å². The van der Waals surface area contributed by atoms with E-state index in [1.165, 1.54) is 19.3 Å². The zero-order valence-electron chi connectivity index (χ0n) is 12.2. The second kappa shape index (κ2) is 8.70. The molecule has 1 aliphatic carbocycles. The standard InChI is InChI=1S/C16H23IN2O2/c17-14-8-4-5-9-15(14)18-16(21)12-19(10-11-20)13-6-2-1-3-7-13/h4-5,8-9,13,20H,1-3,6-7,10-12H2,(H,18,21). The fraction of sp³-hybridized carbons (Fsp3) is 0.562. The Morgan fingerprint density at radius 2 is 2.00 bits per heavy atom. The zero-order chi connectivity index (χ0) is 15.1. The Bertz CT molecular complexity index is 461. The van der Waals surface area contributed by atoms with E-state index in [-0.39, 0.29) is 12.5 Å². The molecule has 2 N–H and O–H groups in total. The number of aliphatic hydroxyl groups is 1. The highest BCUT2D eigenvalue weighted by atomic mass is 127. The number of para-hydroxylation sites is 1. The number of nitrogens with one attached hydrogen (secondary N) is 1. The second-order valence-corrected chi connectivity index (χ2v) is 6.68. The van der Waals surface area contributed by atoms with Gasteiger partial charge in [-0.25, -0.2) is 0 Å². The Kier molecular flexibility index (Phi) is 6.92. The molecule has 0 aromatic heterocycles. The zero-order valence-corrected chi connectivity index (χ0v) is 14.4. The summed E-state index contributed by atoms with van der Waals surface area (Å²) >= 11 is 2.22. The number of benzene rings is 1. The molecule has 4 nitrogen and oxygen atoms in total. The molecule has 0 saturated heterocycles. The van der Waals surface area contributed by atoms with Crippen LogP contribution in [0.2, 0.25) is 0 Å². The first-order valence-corrected chi connectivity index (χ1v) is 8.68. The normalized spacial score (nSPS) is 16.1. The fourth-order valence-electron chi connectivity index (χ4n) is 2.90. The number of hydrogen-bond acceptors (Lipinski definition) is 3. The maximum Gasteiger partial charge on any atom is 0.238 e. The predicted molar refractivity (Wildman–Crippen MR) is 93.3 cm³/mol. The highest BCUT2D eigenvalue weighted by Gasteiger charge is 2.22. The van der Waals surface area contributed by atoms with Crippen LogP contribution in [0.4, 0.5) is 5.69 Å². The number of anilines is 1. The Hall–Kier alpha value is -0.660. The van der Waals surface area contributed by atoms with Crippen LogP contribution in [0.15, 0.2) is 24.3 Å². The lowest BCUT2D eigenvalue weighted by Gasteiger charge is -2.33. The van der Waals surface area contributed by atoms with E-state index < -0.39 is 0 Å². The molecule has 1 aliphatic rings. The molecule has 1 saturated carbocycles. The molecule has 2 rings (SSSR count). The van der Waals surface area contributed by atoms with Crippen LogP contribution in [-0.4, -0.2) is 41.7 Å². The number of aliphatic hydroxyl groups excluding tert-OH is 1. The fourth-order valence-corrected chi connectivity index (χ4v) is 3.42. The van der Waals surface area contributed by atoms with Gasteiger partial charge >= 0.3 is 0 Å². The molecular formula is C16H23IN2O2. The molecule has 0 spiro atoms. The van der Waals surface area contributed by atoms with Crippen molar-refractivity contribution in [3.63, 3.8) is 0 Å². The first-order valence-electron chi connectivity index (χ1n) is 7.60. The van der Waals surface area contributed by atoms with E-state index in [1.807, 2.05) is 24.3 Å². The first kappa shape index (κ1) is 16.7. The molecule has 1 aromatic carbocycles. The summed E-state index contributed by atoms with van der Waals surface area (Å²) in [5.74, 6) is -0.00172. The molecule has 0 heterocycles. The van der Waals surface area contributed by atoms with E-state index in [9.17, 15) is 9.90 Å². The molecule has 116 valence electrons. The van der Waals surface area contributed by atoms with Gasteiger partial charge in [0.1, 0.15) is 0 Å². The molecule has 1 fully saturated rings. The highest BCUT2D eigenvalue weighted by Crippen LogP contribution is 2.22. The first-order chi connectivity index (χ1) is 10.2. The minimum absolute atomic E-state index is 0.00172. The third-order valence-corrected chi connectivity index (χ3v) is 4.91. The molecule has 1 amide bonds. The number of amides is 1. The Balaban J connectivity index is 1.93. The van der Waals surface area contributed by atoms with E-state index in [1.54, 1.807) is 0 Å². The lowest BCUT2D eigenvalue weighted by molar-refractivity contribution is -0.118. The van der Waals surface area contributed by atoms with E-state index in [2.05, 4.69) is 32.8 Å². The van der Waals surface area contributed by atoms with Crippen molar-refractivity contribution in [3.05, 3.63) is 27.8 Å². The molecule has 0 atom stereocenters. The summed E-state index contributed by atoms with van der Waals surface area (Å²) in [5.41, 5.74) is 0.857. The molecule has 1 aromatic rings. The van der Waals surface area contributed by atoms with Gasteiger partial charge in [-0.05, 0) is 47.6 Å². The average Bonchev–Trinajstić information content (AvgIpc) is 2.50. The van der Waals surface area contributed by atoms with Gasteiger partial charge in [-0.2, -0.15) is 0 Å². The van der Waals surface area contributed by atoms with Crippen molar-refractivity contribution in [2.75, 3.05) is 25.0 Å². The van der Waals surface area contributed by atoms with Crippen LogP contribution in [-0.2, 0) is 4.79 Å². The predicted octanol–water partition coefficient (Wildman–Crippen LogP) is 2.86. The average molecular weight is 402 g/mol. The third-order valence-electron chi connectivity index (χ3n) is 3.97. The van der Waals surface area contributed by atoms with E-state index in [4.69, 9.17) is 0 Å². The maximum atomic E-state index is 12.3. The summed E-state index contributed by atoms with van der Waals surface area (Å²) in [6.07, 6.45) is 6.01. The minimum atomic E-state index is -0.00172. The van der Waals surface area contributed by atoms with Crippen molar-refractivity contribution in [3.8, 4) is 0 Å². The van der Waals surface area contributed by atoms with Crippen molar-refractivity contribution in [2.45, 2.75) is 38.1 Å². The van der Waals surface area contributed by atoms with Crippen molar-refractivity contribution in [1.82, 2.24) is 4.90 Å². The number of carbonyl (C=O) groups excluding carboxylic acids is 1. The Morgan fingerprint density at radius 3 is 2.67 bits per heavy atom. The summed E-state index contributed by atoms with van der Waals surface area (Å²) in [6.45, 7) is 1.03. The smallest absolute Gasteiger partial charge is 0.238 e. The summed E-state index contributed by atoms with van der Waals surface area (Å²) in [5, 5.41) is 12.2. The number of nitrogens with zero attached hydrogens (tertiary/aromatic N) is 1. The van der Waals surface area contributed by atoms with Gasteiger partial charge in [0, 0.05) is 16.2 Å². The lowest BCUT2D eigenvalue weighted by Crippen LogP contribution is -2.43. The quantitative estimate of drug-likeness (QED) is 0.720. The monoisotopic (exact) mass is 402 g/mol. The van der Waals surface area contributed by atoms with Gasteiger partial charge in [0.2, 0.25) is 5.91 Å². The van der Waals surface area contributed by atoms with E-state index >= 15 is 0 Å². The molecule has 0 unspecified atom stereocenters. The summed E-state index contributed by atoms with van der Waals surface area (Å²) in [4.78, 5) is 14.4. The van der Waals surface area contributed by atoms with Gasteiger partial charge in [-0.1, -0.05) is 31.4 Å². The van der Waals surface area contributed by atoms with Gasteiger partial charge < -0.3 is 10.4 Å². The van der Waals surface area contributed by atoms with Crippen LogP contribution >= 0.6 is 22.6 Å².